The molecule has 1 N–H and O–H groups in total. The van der Waals surface area contributed by atoms with Crippen LogP contribution in [0.4, 0.5) is 8.78 Å². The molecule has 0 heterocycles. The van der Waals surface area contributed by atoms with E-state index in [2.05, 4.69) is 4.74 Å². The van der Waals surface area contributed by atoms with Crippen LogP contribution in [0.2, 0.25) is 0 Å². The number of Topliss-reactive ketones (excluding diaryl/α,β-unsaturated/α-hetero) is 1. The van der Waals surface area contributed by atoms with Gasteiger partial charge in [0.15, 0.2) is 0 Å². The number of ether oxygens (including phenoxy) is 1. The van der Waals surface area contributed by atoms with Gasteiger partial charge in [-0.05, 0) is 18.2 Å². The molecule has 0 aliphatic carbocycles. The number of phenols is 1. The van der Waals surface area contributed by atoms with Crippen LogP contribution < -0.4 is 0 Å². The maximum absolute atomic E-state index is 12.1. The first-order valence-corrected chi connectivity index (χ1v) is 4.21. The molecule has 0 bridgehead atoms. The number of carbonyl (C=O) groups excluding carboxylic acids is 2. The van der Waals surface area contributed by atoms with Crippen LogP contribution in [0, 0.1) is 0 Å². The smallest absolute Gasteiger partial charge is 0.341 e. The lowest BCUT2D eigenvalue weighted by Crippen LogP contribution is -2.11. The maximum atomic E-state index is 12.1. The Labute approximate surface area is 89.5 Å². The zero-order chi connectivity index (χ0) is 12.3. The van der Waals surface area contributed by atoms with E-state index in [1.807, 2.05) is 0 Å². The molecule has 16 heavy (non-hydrogen) atoms. The number of methoxy groups -OCH3 is 1. The molecule has 0 saturated heterocycles. The molecule has 0 saturated carbocycles. The van der Waals surface area contributed by atoms with E-state index in [1.54, 1.807) is 0 Å². The van der Waals surface area contributed by atoms with E-state index in [0.29, 0.717) is 0 Å². The van der Waals surface area contributed by atoms with Gasteiger partial charge in [0.1, 0.15) is 11.3 Å². The molecular formula is C10H8F2O4. The van der Waals surface area contributed by atoms with Crippen molar-refractivity contribution in [3.63, 3.8) is 0 Å². The number of hydrogen-bond acceptors (Lipinski definition) is 4. The van der Waals surface area contributed by atoms with Gasteiger partial charge in [0.2, 0.25) is 5.78 Å². The van der Waals surface area contributed by atoms with Gasteiger partial charge in [-0.3, -0.25) is 4.79 Å². The molecule has 86 valence electrons. The number of alkyl halides is 2. The first-order chi connectivity index (χ1) is 7.47. The van der Waals surface area contributed by atoms with Gasteiger partial charge in [-0.1, -0.05) is 0 Å². The number of carbonyl (C=O) groups is 2. The van der Waals surface area contributed by atoms with E-state index < -0.39 is 23.9 Å². The summed E-state index contributed by atoms with van der Waals surface area (Å²) in [5.41, 5.74) is -0.679. The maximum Gasteiger partial charge on any atom is 0.341 e. The molecule has 1 rings (SSSR count). The SMILES string of the molecule is COC(=O)c1cc(C(=O)C(F)F)ccc1O. The topological polar surface area (TPSA) is 63.6 Å². The number of esters is 1. The highest BCUT2D eigenvalue weighted by atomic mass is 19.3. The largest absolute Gasteiger partial charge is 0.507 e. The second kappa shape index (κ2) is 4.69. The molecular weight excluding hydrogens is 222 g/mol. The van der Waals surface area contributed by atoms with Crippen molar-refractivity contribution in [2.75, 3.05) is 7.11 Å². The average molecular weight is 230 g/mol. The van der Waals surface area contributed by atoms with Crippen molar-refractivity contribution in [3.05, 3.63) is 29.3 Å². The van der Waals surface area contributed by atoms with Crippen molar-refractivity contribution in [2.45, 2.75) is 6.43 Å². The van der Waals surface area contributed by atoms with Crippen molar-refractivity contribution >= 4 is 11.8 Å². The van der Waals surface area contributed by atoms with Crippen molar-refractivity contribution in [3.8, 4) is 5.75 Å². The number of benzene rings is 1. The highest BCUT2D eigenvalue weighted by Gasteiger charge is 2.21. The third kappa shape index (κ3) is 2.33. The van der Waals surface area contributed by atoms with Gasteiger partial charge in [0.25, 0.3) is 0 Å². The Morgan fingerprint density at radius 1 is 1.38 bits per heavy atom. The molecule has 1 aromatic carbocycles. The van der Waals surface area contributed by atoms with Crippen LogP contribution >= 0.6 is 0 Å². The van der Waals surface area contributed by atoms with E-state index in [1.165, 1.54) is 0 Å². The second-order valence-electron chi connectivity index (χ2n) is 2.89. The van der Waals surface area contributed by atoms with E-state index in [4.69, 9.17) is 0 Å². The summed E-state index contributed by atoms with van der Waals surface area (Å²) >= 11 is 0. The summed E-state index contributed by atoms with van der Waals surface area (Å²) in [6, 6.07) is 2.87. The minimum absolute atomic E-state index is 0.325. The zero-order valence-corrected chi connectivity index (χ0v) is 8.24. The quantitative estimate of drug-likeness (QED) is 0.633. The van der Waals surface area contributed by atoms with Crippen LogP contribution in [-0.4, -0.2) is 30.4 Å². The lowest BCUT2D eigenvalue weighted by molar-refractivity contribution is 0.0597. The zero-order valence-electron chi connectivity index (χ0n) is 8.24. The molecule has 0 aliphatic rings. The predicted molar refractivity (Wildman–Crippen MR) is 49.8 cm³/mol. The van der Waals surface area contributed by atoms with Crippen LogP contribution in [0.15, 0.2) is 18.2 Å². The third-order valence-corrected chi connectivity index (χ3v) is 1.88. The van der Waals surface area contributed by atoms with Gasteiger partial charge in [-0.15, -0.1) is 0 Å². The lowest BCUT2D eigenvalue weighted by Gasteiger charge is -2.05. The summed E-state index contributed by atoms with van der Waals surface area (Å²) in [6.07, 6.45) is -3.16. The molecule has 4 nitrogen and oxygen atoms in total. The van der Waals surface area contributed by atoms with Crippen molar-refractivity contribution in [1.82, 2.24) is 0 Å². The summed E-state index contributed by atoms with van der Waals surface area (Å²) in [7, 11) is 1.07. The molecule has 0 unspecified atom stereocenters. The predicted octanol–water partition coefficient (Wildman–Crippen LogP) is 1.63. The van der Waals surface area contributed by atoms with E-state index in [9.17, 15) is 23.5 Å². The Morgan fingerprint density at radius 3 is 2.50 bits per heavy atom. The Kier molecular flexibility index (Phi) is 3.55. The number of phenolic OH excluding ortho intramolecular Hbond substituents is 1. The fourth-order valence-corrected chi connectivity index (χ4v) is 1.09. The Hall–Kier alpha value is -1.98. The first-order valence-electron chi connectivity index (χ1n) is 4.21. The number of aromatic hydroxyl groups is 1. The average Bonchev–Trinajstić information content (AvgIpc) is 2.27. The third-order valence-electron chi connectivity index (χ3n) is 1.88. The number of rotatable bonds is 3. The fraction of sp³-hybridized carbons (Fsp3) is 0.200. The molecule has 1 aromatic rings. The Balaban J connectivity index is 3.17. The minimum Gasteiger partial charge on any atom is -0.507 e. The molecule has 0 atom stereocenters. The van der Waals surface area contributed by atoms with Gasteiger partial charge >= 0.3 is 12.4 Å². The molecule has 0 fully saturated rings. The standard InChI is InChI=1S/C10H8F2O4/c1-16-10(15)6-4-5(2-3-7(6)13)8(14)9(11)12/h2-4,9,13H,1H3. The van der Waals surface area contributed by atoms with E-state index >= 15 is 0 Å². The normalized spacial score (nSPS) is 10.2. The van der Waals surface area contributed by atoms with E-state index in [-0.39, 0.29) is 11.1 Å². The van der Waals surface area contributed by atoms with Crippen molar-refractivity contribution in [2.24, 2.45) is 0 Å². The van der Waals surface area contributed by atoms with Gasteiger partial charge in [-0.25, -0.2) is 13.6 Å². The summed E-state index contributed by atoms with van der Waals surface area (Å²) in [6.45, 7) is 0. The van der Waals surface area contributed by atoms with Crippen LogP contribution in [0.3, 0.4) is 0 Å². The van der Waals surface area contributed by atoms with Gasteiger partial charge in [0.05, 0.1) is 7.11 Å². The minimum atomic E-state index is -3.16. The molecule has 0 radical (unpaired) electrons. The van der Waals surface area contributed by atoms with Crippen LogP contribution in [0.5, 0.6) is 5.75 Å². The highest BCUT2D eigenvalue weighted by Crippen LogP contribution is 2.20. The van der Waals surface area contributed by atoms with Crippen molar-refractivity contribution in [1.29, 1.82) is 0 Å². The van der Waals surface area contributed by atoms with Crippen molar-refractivity contribution < 1.29 is 28.2 Å². The summed E-state index contributed by atoms with van der Waals surface area (Å²) < 4.78 is 28.5. The second-order valence-corrected chi connectivity index (χ2v) is 2.89. The first kappa shape index (κ1) is 12.1. The van der Waals surface area contributed by atoms with E-state index in [0.717, 1.165) is 25.3 Å². The molecule has 0 aromatic heterocycles. The van der Waals surface area contributed by atoms with Gasteiger partial charge in [0, 0.05) is 5.56 Å². The Morgan fingerprint density at radius 2 is 2.00 bits per heavy atom. The fourth-order valence-electron chi connectivity index (χ4n) is 1.09. The highest BCUT2D eigenvalue weighted by molar-refractivity contribution is 6.01. The van der Waals surface area contributed by atoms with Crippen LogP contribution in [0.1, 0.15) is 20.7 Å². The molecule has 0 amide bonds. The monoisotopic (exact) mass is 230 g/mol. The summed E-state index contributed by atoms with van der Waals surface area (Å²) in [5, 5.41) is 9.26. The number of ketones is 1. The summed E-state index contributed by atoms with van der Waals surface area (Å²) in [5.74, 6) is -2.75. The lowest BCUT2D eigenvalue weighted by atomic mass is 10.1. The summed E-state index contributed by atoms with van der Waals surface area (Å²) in [4.78, 5) is 22.0. The number of hydrogen-bond donors (Lipinski definition) is 1. The van der Waals surface area contributed by atoms with Gasteiger partial charge in [-0.2, -0.15) is 0 Å². The van der Waals surface area contributed by atoms with Crippen LogP contribution in [0.25, 0.3) is 0 Å². The molecule has 6 heteroatoms. The Bertz CT molecular complexity index is 429. The molecule has 0 spiro atoms. The number of halogens is 2. The van der Waals surface area contributed by atoms with Crippen LogP contribution in [-0.2, 0) is 4.74 Å². The van der Waals surface area contributed by atoms with Gasteiger partial charge < -0.3 is 9.84 Å². The molecule has 0 aliphatic heterocycles.